The van der Waals surface area contributed by atoms with E-state index in [0.717, 1.165) is 6.07 Å². The average Bonchev–Trinajstić information content (AvgIpc) is 2.26. The Morgan fingerprint density at radius 3 is 2.30 bits per heavy atom. The van der Waals surface area contributed by atoms with Gasteiger partial charge in [-0.15, -0.1) is 0 Å². The SMILES string of the molecule is CC(Nc1cc(Br)ccc1C(N)=O)(C(=O)O)C(F)(F)F. The molecule has 4 N–H and O–H groups in total. The van der Waals surface area contributed by atoms with Gasteiger partial charge in [-0.25, -0.2) is 4.79 Å². The third-order valence-electron chi connectivity index (χ3n) is 2.63. The number of carboxylic acid groups (broad SMARTS) is 1. The molecule has 0 heterocycles. The van der Waals surface area contributed by atoms with Crippen LogP contribution in [0.25, 0.3) is 0 Å². The number of halogens is 4. The van der Waals surface area contributed by atoms with Crippen LogP contribution in [-0.2, 0) is 4.79 Å². The second kappa shape index (κ2) is 5.31. The number of carbonyl (C=O) groups excluding carboxylic acids is 1. The average molecular weight is 355 g/mol. The molecule has 9 heteroatoms. The highest BCUT2D eigenvalue weighted by molar-refractivity contribution is 9.10. The van der Waals surface area contributed by atoms with Crippen molar-refractivity contribution in [3.63, 3.8) is 0 Å². The predicted octanol–water partition coefficient (Wildman–Crippen LogP) is 2.37. The van der Waals surface area contributed by atoms with Gasteiger partial charge in [-0.3, -0.25) is 4.79 Å². The molecular weight excluding hydrogens is 345 g/mol. The van der Waals surface area contributed by atoms with Crippen molar-refractivity contribution in [2.75, 3.05) is 5.32 Å². The molecular formula is C11H10BrF3N2O3. The van der Waals surface area contributed by atoms with Crippen molar-refractivity contribution in [3.8, 4) is 0 Å². The third kappa shape index (κ3) is 3.03. The first-order chi connectivity index (χ1) is 8.99. The predicted molar refractivity (Wildman–Crippen MR) is 68.4 cm³/mol. The molecule has 0 aliphatic carbocycles. The van der Waals surface area contributed by atoms with Crippen LogP contribution in [0.2, 0.25) is 0 Å². The minimum absolute atomic E-state index is 0.245. The first-order valence-corrected chi connectivity index (χ1v) is 5.96. The van der Waals surface area contributed by atoms with E-state index in [-0.39, 0.29) is 11.3 Å². The van der Waals surface area contributed by atoms with Crippen molar-refractivity contribution < 1.29 is 27.9 Å². The number of nitrogens with two attached hydrogens (primary N) is 1. The summed E-state index contributed by atoms with van der Waals surface area (Å²) in [4.78, 5) is 22.1. The van der Waals surface area contributed by atoms with Gasteiger partial charge in [-0.2, -0.15) is 13.2 Å². The molecule has 1 rings (SSSR count). The van der Waals surface area contributed by atoms with Crippen LogP contribution in [0, 0.1) is 0 Å². The summed E-state index contributed by atoms with van der Waals surface area (Å²) in [6, 6.07) is 3.73. The van der Waals surface area contributed by atoms with Crippen LogP contribution in [0.1, 0.15) is 17.3 Å². The summed E-state index contributed by atoms with van der Waals surface area (Å²) in [5.41, 5.74) is 1.22. The summed E-state index contributed by atoms with van der Waals surface area (Å²) in [5, 5.41) is 10.6. The number of nitrogens with one attached hydrogen (secondary N) is 1. The summed E-state index contributed by atoms with van der Waals surface area (Å²) >= 11 is 3.02. The summed E-state index contributed by atoms with van der Waals surface area (Å²) in [7, 11) is 0. The number of alkyl halides is 3. The van der Waals surface area contributed by atoms with Crippen LogP contribution in [0.3, 0.4) is 0 Å². The molecule has 0 aromatic heterocycles. The van der Waals surface area contributed by atoms with Gasteiger partial charge in [0.25, 0.3) is 5.91 Å². The summed E-state index contributed by atoms with van der Waals surface area (Å²) in [6.07, 6.45) is -5.07. The van der Waals surface area contributed by atoms with Crippen molar-refractivity contribution in [2.45, 2.75) is 18.6 Å². The molecule has 1 atom stereocenters. The minimum Gasteiger partial charge on any atom is -0.479 e. The lowest BCUT2D eigenvalue weighted by Gasteiger charge is -2.30. The van der Waals surface area contributed by atoms with Gasteiger partial charge in [-0.05, 0) is 25.1 Å². The molecule has 1 aromatic carbocycles. The van der Waals surface area contributed by atoms with E-state index in [1.807, 2.05) is 5.32 Å². The van der Waals surface area contributed by atoms with Gasteiger partial charge in [0.15, 0.2) is 0 Å². The van der Waals surface area contributed by atoms with Crippen LogP contribution in [-0.4, -0.2) is 28.7 Å². The number of anilines is 1. The van der Waals surface area contributed by atoms with Gasteiger partial charge >= 0.3 is 12.1 Å². The van der Waals surface area contributed by atoms with Crippen LogP contribution >= 0.6 is 15.9 Å². The molecule has 110 valence electrons. The summed E-state index contributed by atoms with van der Waals surface area (Å²) < 4.78 is 39.1. The maximum absolute atomic E-state index is 12.9. The number of carbonyl (C=O) groups is 2. The van der Waals surface area contributed by atoms with Crippen LogP contribution in [0.5, 0.6) is 0 Å². The van der Waals surface area contributed by atoms with Crippen molar-refractivity contribution in [1.29, 1.82) is 0 Å². The van der Waals surface area contributed by atoms with Crippen LogP contribution < -0.4 is 11.1 Å². The number of aliphatic carboxylic acids is 1. The number of carboxylic acids is 1. The molecule has 0 aliphatic rings. The lowest BCUT2D eigenvalue weighted by Crippen LogP contribution is -2.55. The maximum Gasteiger partial charge on any atom is 0.422 e. The van der Waals surface area contributed by atoms with Crippen LogP contribution in [0.4, 0.5) is 18.9 Å². The van der Waals surface area contributed by atoms with E-state index in [0.29, 0.717) is 11.4 Å². The fraction of sp³-hybridized carbons (Fsp3) is 0.273. The fourth-order valence-electron chi connectivity index (χ4n) is 1.35. The molecule has 0 aliphatic heterocycles. The van der Waals surface area contributed by atoms with Crippen molar-refractivity contribution in [3.05, 3.63) is 28.2 Å². The standard InChI is InChI=1S/C11H10BrF3N2O3/c1-10(9(19)20,11(13,14)15)17-7-4-5(12)2-3-6(7)8(16)18/h2-4,17H,1H3,(H2,16,18)(H,19,20). The topological polar surface area (TPSA) is 92.4 Å². The number of rotatable bonds is 4. The van der Waals surface area contributed by atoms with Gasteiger partial charge in [0, 0.05) is 10.2 Å². The van der Waals surface area contributed by atoms with E-state index < -0.39 is 23.6 Å². The molecule has 0 saturated heterocycles. The number of amides is 1. The molecule has 0 saturated carbocycles. The Balaban J connectivity index is 3.36. The Hall–Kier alpha value is -1.77. The Bertz CT molecular complexity index is 562. The highest BCUT2D eigenvalue weighted by Crippen LogP contribution is 2.35. The number of hydrogen-bond acceptors (Lipinski definition) is 3. The van der Waals surface area contributed by atoms with E-state index in [2.05, 4.69) is 15.9 Å². The van der Waals surface area contributed by atoms with Gasteiger partial charge in [-0.1, -0.05) is 15.9 Å². The van der Waals surface area contributed by atoms with E-state index >= 15 is 0 Å². The molecule has 0 radical (unpaired) electrons. The summed E-state index contributed by atoms with van der Waals surface area (Å²) in [6.45, 7) is 0.459. The zero-order valence-electron chi connectivity index (χ0n) is 10.1. The van der Waals surface area contributed by atoms with E-state index in [4.69, 9.17) is 10.8 Å². The van der Waals surface area contributed by atoms with Gasteiger partial charge < -0.3 is 16.2 Å². The normalized spacial score (nSPS) is 14.4. The highest BCUT2D eigenvalue weighted by Gasteiger charge is 2.57. The highest BCUT2D eigenvalue weighted by atomic mass is 79.9. The lowest BCUT2D eigenvalue weighted by molar-refractivity contribution is -0.192. The Morgan fingerprint density at radius 2 is 1.90 bits per heavy atom. The fourth-order valence-corrected chi connectivity index (χ4v) is 1.71. The quantitative estimate of drug-likeness (QED) is 0.773. The molecule has 20 heavy (non-hydrogen) atoms. The molecule has 5 nitrogen and oxygen atoms in total. The molecule has 1 unspecified atom stereocenters. The Labute approximate surface area is 120 Å². The van der Waals surface area contributed by atoms with E-state index in [1.54, 1.807) is 0 Å². The number of hydrogen-bond donors (Lipinski definition) is 3. The number of benzene rings is 1. The first kappa shape index (κ1) is 16.3. The zero-order chi connectivity index (χ0) is 15.7. The molecule has 0 fully saturated rings. The lowest BCUT2D eigenvalue weighted by atomic mass is 10.0. The molecule has 0 bridgehead atoms. The van der Waals surface area contributed by atoms with E-state index in [1.165, 1.54) is 12.1 Å². The van der Waals surface area contributed by atoms with Crippen LogP contribution in [0.15, 0.2) is 22.7 Å². The van der Waals surface area contributed by atoms with Crippen molar-refractivity contribution in [1.82, 2.24) is 0 Å². The molecule has 0 spiro atoms. The van der Waals surface area contributed by atoms with Gasteiger partial charge in [0.1, 0.15) is 0 Å². The first-order valence-electron chi connectivity index (χ1n) is 5.16. The van der Waals surface area contributed by atoms with Crippen molar-refractivity contribution in [2.24, 2.45) is 5.73 Å². The minimum atomic E-state index is -5.07. The largest absolute Gasteiger partial charge is 0.479 e. The second-order valence-electron chi connectivity index (χ2n) is 4.11. The molecule has 1 aromatic rings. The Kier molecular flexibility index (Phi) is 4.33. The zero-order valence-corrected chi connectivity index (χ0v) is 11.7. The number of primary amides is 1. The smallest absolute Gasteiger partial charge is 0.422 e. The summed E-state index contributed by atoms with van der Waals surface area (Å²) in [5.74, 6) is -3.10. The third-order valence-corrected chi connectivity index (χ3v) is 3.12. The van der Waals surface area contributed by atoms with E-state index in [9.17, 15) is 22.8 Å². The monoisotopic (exact) mass is 354 g/mol. The van der Waals surface area contributed by atoms with Crippen molar-refractivity contribution >= 4 is 33.5 Å². The second-order valence-corrected chi connectivity index (χ2v) is 5.02. The maximum atomic E-state index is 12.9. The Morgan fingerprint density at radius 1 is 1.35 bits per heavy atom. The van der Waals surface area contributed by atoms with Gasteiger partial charge in [0.2, 0.25) is 5.54 Å². The van der Waals surface area contributed by atoms with Gasteiger partial charge in [0.05, 0.1) is 5.56 Å². The molecule has 1 amide bonds.